The number of halogens is 7. The summed E-state index contributed by atoms with van der Waals surface area (Å²) >= 11 is 0. The van der Waals surface area contributed by atoms with Gasteiger partial charge in [-0.05, 0) is 18.8 Å². The van der Waals surface area contributed by atoms with Gasteiger partial charge in [0.15, 0.2) is 0 Å². The van der Waals surface area contributed by atoms with Crippen LogP contribution in [0, 0.1) is 11.8 Å². The molecule has 2 bridgehead atoms. The predicted octanol–water partition coefficient (Wildman–Crippen LogP) is 3.80. The van der Waals surface area contributed by atoms with Gasteiger partial charge in [-0.15, -0.1) is 0 Å². The average Bonchev–Trinajstić information content (AvgIpc) is 2.86. The fourth-order valence-electron chi connectivity index (χ4n) is 2.43. The molecule has 0 aliphatic heterocycles. The van der Waals surface area contributed by atoms with Crippen molar-refractivity contribution in [1.82, 2.24) is 0 Å². The maximum Gasteiger partial charge on any atom is 0.459 e. The Balaban J connectivity index is 1.96. The molecule has 2 aliphatic carbocycles. The smallest absolute Gasteiger partial charge is 0.371 e. The molecule has 0 N–H and O–H groups in total. The van der Waals surface area contributed by atoms with Crippen molar-refractivity contribution in [3.63, 3.8) is 0 Å². The van der Waals surface area contributed by atoms with E-state index in [0.29, 0.717) is 12.8 Å². The number of hydrogen-bond acceptors (Lipinski definition) is 1. The third-order valence-corrected chi connectivity index (χ3v) is 3.51. The van der Waals surface area contributed by atoms with Gasteiger partial charge < -0.3 is 4.74 Å². The Kier molecular flexibility index (Phi) is 3.35. The van der Waals surface area contributed by atoms with Crippen LogP contribution in [-0.2, 0) is 4.74 Å². The van der Waals surface area contributed by atoms with Crippen LogP contribution >= 0.6 is 0 Å². The molecule has 8 heteroatoms. The highest BCUT2D eigenvalue weighted by Crippen LogP contribution is 2.47. The quantitative estimate of drug-likeness (QED) is 0.565. The molecular weight excluding hydrogens is 281 g/mol. The summed E-state index contributed by atoms with van der Waals surface area (Å²) in [4.78, 5) is 0. The van der Waals surface area contributed by atoms with Crippen molar-refractivity contribution in [3.8, 4) is 0 Å². The number of rotatable bonds is 4. The second kappa shape index (κ2) is 4.36. The third kappa shape index (κ3) is 2.46. The molecule has 0 heterocycles. The Morgan fingerprint density at radius 1 is 0.947 bits per heavy atom. The molecule has 0 saturated heterocycles. The van der Waals surface area contributed by atoms with Gasteiger partial charge in [-0.1, -0.05) is 12.2 Å². The fraction of sp³-hybridized carbons (Fsp3) is 0.818. The first kappa shape index (κ1) is 14.6. The van der Waals surface area contributed by atoms with Crippen molar-refractivity contribution in [1.29, 1.82) is 0 Å². The van der Waals surface area contributed by atoms with Gasteiger partial charge in [0, 0.05) is 5.92 Å². The monoisotopic (exact) mass is 292 g/mol. The van der Waals surface area contributed by atoms with E-state index in [9.17, 15) is 30.7 Å². The van der Waals surface area contributed by atoms with Crippen LogP contribution in [0.4, 0.5) is 30.7 Å². The van der Waals surface area contributed by atoms with Crippen molar-refractivity contribution >= 4 is 0 Å². The van der Waals surface area contributed by atoms with Crippen LogP contribution < -0.4 is 0 Å². The lowest BCUT2D eigenvalue weighted by atomic mass is 10.0. The van der Waals surface area contributed by atoms with Gasteiger partial charge in [-0.3, -0.25) is 0 Å². The summed E-state index contributed by atoms with van der Waals surface area (Å²) in [7, 11) is 0. The molecule has 2 aliphatic rings. The van der Waals surface area contributed by atoms with Crippen LogP contribution in [0.3, 0.4) is 0 Å². The number of hydrogen-bond donors (Lipinski definition) is 0. The summed E-state index contributed by atoms with van der Waals surface area (Å²) in [5.41, 5.74) is 0. The second-order valence-corrected chi connectivity index (χ2v) is 4.91. The number of alkyl halides is 7. The zero-order valence-corrected chi connectivity index (χ0v) is 9.56. The van der Waals surface area contributed by atoms with E-state index >= 15 is 0 Å². The molecule has 110 valence electrons. The van der Waals surface area contributed by atoms with Crippen molar-refractivity contribution in [2.24, 2.45) is 11.8 Å². The lowest BCUT2D eigenvalue weighted by molar-refractivity contribution is -0.363. The van der Waals surface area contributed by atoms with Crippen LogP contribution in [0.5, 0.6) is 0 Å². The van der Waals surface area contributed by atoms with E-state index in [0.717, 1.165) is 0 Å². The maximum atomic E-state index is 13.0. The summed E-state index contributed by atoms with van der Waals surface area (Å²) in [5.74, 6) is -11.4. The Labute approximate surface area is 104 Å². The molecule has 3 unspecified atom stereocenters. The lowest BCUT2D eigenvalue weighted by Crippen LogP contribution is -2.54. The molecular formula is C11H11F7O. The normalized spacial score (nSPS) is 31.2. The SMILES string of the molecule is FC(F)(F)C(F)(F)C(F)(F)COC1CC2C=CC1C2. The first-order chi connectivity index (χ1) is 8.54. The molecule has 1 fully saturated rings. The molecule has 0 aromatic heterocycles. The Morgan fingerprint density at radius 2 is 1.58 bits per heavy atom. The largest absolute Gasteiger partial charge is 0.459 e. The van der Waals surface area contributed by atoms with E-state index < -0.39 is 30.7 Å². The van der Waals surface area contributed by atoms with E-state index in [-0.39, 0.29) is 11.8 Å². The molecule has 1 nitrogen and oxygen atoms in total. The maximum absolute atomic E-state index is 13.0. The van der Waals surface area contributed by atoms with Gasteiger partial charge in [-0.25, -0.2) is 0 Å². The molecule has 0 radical (unpaired) electrons. The van der Waals surface area contributed by atoms with Crippen LogP contribution in [0.25, 0.3) is 0 Å². The molecule has 0 amide bonds. The van der Waals surface area contributed by atoms with E-state index in [1.165, 1.54) is 0 Å². The minimum Gasteiger partial charge on any atom is -0.371 e. The minimum atomic E-state index is -6.30. The highest BCUT2D eigenvalue weighted by molar-refractivity contribution is 5.11. The first-order valence-corrected chi connectivity index (χ1v) is 5.67. The second-order valence-electron chi connectivity index (χ2n) is 4.91. The van der Waals surface area contributed by atoms with Crippen LogP contribution in [0.2, 0.25) is 0 Å². The van der Waals surface area contributed by atoms with E-state index in [2.05, 4.69) is 4.74 Å². The average molecular weight is 292 g/mol. The van der Waals surface area contributed by atoms with Gasteiger partial charge in [0.05, 0.1) is 6.10 Å². The fourth-order valence-corrected chi connectivity index (χ4v) is 2.43. The molecule has 2 rings (SSSR count). The molecule has 19 heavy (non-hydrogen) atoms. The van der Waals surface area contributed by atoms with Crippen molar-refractivity contribution in [2.45, 2.75) is 37.0 Å². The highest BCUT2D eigenvalue weighted by atomic mass is 19.4. The van der Waals surface area contributed by atoms with Crippen LogP contribution in [0.15, 0.2) is 12.2 Å². The van der Waals surface area contributed by atoms with E-state index in [1.807, 2.05) is 6.08 Å². The summed E-state index contributed by atoms with van der Waals surface area (Å²) in [6.45, 7) is -1.93. The number of fused-ring (bicyclic) bond motifs is 2. The van der Waals surface area contributed by atoms with Crippen LogP contribution in [0.1, 0.15) is 12.8 Å². The summed E-state index contributed by atoms with van der Waals surface area (Å²) in [6.07, 6.45) is -2.36. The molecule has 1 saturated carbocycles. The van der Waals surface area contributed by atoms with E-state index in [1.54, 1.807) is 6.08 Å². The summed E-state index contributed by atoms with van der Waals surface area (Å²) in [5, 5.41) is 0. The number of ether oxygens (including phenoxy) is 1. The van der Waals surface area contributed by atoms with Gasteiger partial charge in [-0.2, -0.15) is 30.7 Å². The van der Waals surface area contributed by atoms with Gasteiger partial charge in [0.25, 0.3) is 0 Å². The predicted molar refractivity (Wildman–Crippen MR) is 51.0 cm³/mol. The van der Waals surface area contributed by atoms with Crippen molar-refractivity contribution in [3.05, 3.63) is 12.2 Å². The highest BCUT2D eigenvalue weighted by Gasteiger charge is 2.73. The Bertz CT molecular complexity index is 374. The Hall–Kier alpha value is -0.790. The molecule has 0 aromatic rings. The standard InChI is InChI=1S/C11H11F7O/c12-9(13,10(14,15)11(16,17)18)5-19-8-4-6-1-2-7(8)3-6/h1-2,6-8H,3-5H2. The van der Waals surface area contributed by atoms with Gasteiger partial charge >= 0.3 is 18.0 Å². The zero-order chi connectivity index (χ0) is 14.5. The molecule has 3 atom stereocenters. The van der Waals surface area contributed by atoms with Crippen molar-refractivity contribution < 1.29 is 35.5 Å². The summed E-state index contributed by atoms with van der Waals surface area (Å²) in [6, 6.07) is 0. The third-order valence-electron chi connectivity index (χ3n) is 3.51. The lowest BCUT2D eigenvalue weighted by Gasteiger charge is -2.29. The topological polar surface area (TPSA) is 9.23 Å². The zero-order valence-electron chi connectivity index (χ0n) is 9.56. The van der Waals surface area contributed by atoms with Crippen molar-refractivity contribution in [2.75, 3.05) is 6.61 Å². The molecule has 0 spiro atoms. The van der Waals surface area contributed by atoms with E-state index in [4.69, 9.17) is 0 Å². The van der Waals surface area contributed by atoms with Gasteiger partial charge in [0.1, 0.15) is 6.61 Å². The van der Waals surface area contributed by atoms with Gasteiger partial charge in [0.2, 0.25) is 0 Å². The Morgan fingerprint density at radius 3 is 2.00 bits per heavy atom. The minimum absolute atomic E-state index is 0.145. The first-order valence-electron chi connectivity index (χ1n) is 5.67. The summed E-state index contributed by atoms with van der Waals surface area (Å²) < 4.78 is 91.4. The van der Waals surface area contributed by atoms with Crippen LogP contribution in [-0.4, -0.2) is 30.7 Å². The number of allylic oxidation sites excluding steroid dienone is 1. The molecule has 0 aromatic carbocycles.